The summed E-state index contributed by atoms with van der Waals surface area (Å²) in [4.78, 5) is 24.8. The zero-order valence-electron chi connectivity index (χ0n) is 14.1. The summed E-state index contributed by atoms with van der Waals surface area (Å²) in [6.45, 7) is 10.0. The molecule has 0 aromatic heterocycles. The van der Waals surface area contributed by atoms with Gasteiger partial charge >= 0.3 is 0 Å². The fourth-order valence-corrected chi connectivity index (χ4v) is 2.34. The van der Waals surface area contributed by atoms with Crippen LogP contribution in [0, 0.1) is 5.41 Å². The molecule has 1 aliphatic rings. The Kier molecular flexibility index (Phi) is 4.32. The fraction of sp³-hybridized carbons (Fsp3) is 0.556. The number of hydrogen-bond donors (Lipinski definition) is 2. The number of rotatable bonds is 4. The molecule has 120 valence electrons. The van der Waals surface area contributed by atoms with Gasteiger partial charge in [0.15, 0.2) is 0 Å². The Hall–Kier alpha value is -1.84. The van der Waals surface area contributed by atoms with Gasteiger partial charge in [-0.1, -0.05) is 26.0 Å². The molecular formula is C18H26N2O2. The predicted molar refractivity (Wildman–Crippen MR) is 88.7 cm³/mol. The molecule has 1 saturated carbocycles. The maximum absolute atomic E-state index is 12.5. The number of anilines is 1. The summed E-state index contributed by atoms with van der Waals surface area (Å²) in [5.41, 5.74) is 0.754. The number of nitrogens with one attached hydrogen (secondary N) is 2. The molecule has 1 aromatic rings. The van der Waals surface area contributed by atoms with Gasteiger partial charge in [0.25, 0.3) is 0 Å². The summed E-state index contributed by atoms with van der Waals surface area (Å²) < 4.78 is 0. The van der Waals surface area contributed by atoms with Gasteiger partial charge < -0.3 is 10.6 Å². The van der Waals surface area contributed by atoms with Gasteiger partial charge in [0, 0.05) is 11.2 Å². The fourth-order valence-electron chi connectivity index (χ4n) is 2.34. The molecule has 0 saturated heterocycles. The van der Waals surface area contributed by atoms with E-state index >= 15 is 0 Å². The van der Waals surface area contributed by atoms with Crippen molar-refractivity contribution in [1.29, 1.82) is 0 Å². The van der Waals surface area contributed by atoms with E-state index in [1.165, 1.54) is 5.56 Å². The predicted octanol–water partition coefficient (Wildman–Crippen LogP) is 3.44. The van der Waals surface area contributed by atoms with Gasteiger partial charge in [-0.25, -0.2) is 0 Å². The lowest BCUT2D eigenvalue weighted by atomic mass is 10.0. The molecule has 0 aliphatic heterocycles. The van der Waals surface area contributed by atoms with Gasteiger partial charge in [0.2, 0.25) is 11.8 Å². The van der Waals surface area contributed by atoms with E-state index in [1.54, 1.807) is 0 Å². The van der Waals surface area contributed by atoms with Crippen molar-refractivity contribution < 1.29 is 9.59 Å². The first-order valence-corrected chi connectivity index (χ1v) is 7.88. The smallest absolute Gasteiger partial charge is 0.240 e. The third-order valence-electron chi connectivity index (χ3n) is 3.94. The number of carbonyl (C=O) groups excluding carboxylic acids is 2. The Bertz CT molecular complexity index is 564. The van der Waals surface area contributed by atoms with Gasteiger partial charge in [-0.05, 0) is 57.2 Å². The van der Waals surface area contributed by atoms with Crippen LogP contribution >= 0.6 is 0 Å². The summed E-state index contributed by atoms with van der Waals surface area (Å²) in [5, 5.41) is 5.79. The highest BCUT2D eigenvalue weighted by Gasteiger charge is 2.57. The van der Waals surface area contributed by atoms with Gasteiger partial charge in [0.1, 0.15) is 5.41 Å². The second-order valence-electron chi connectivity index (χ2n) is 7.52. The van der Waals surface area contributed by atoms with Crippen LogP contribution in [-0.2, 0) is 9.59 Å². The lowest BCUT2D eigenvalue weighted by Crippen LogP contribution is -2.48. The number of carbonyl (C=O) groups is 2. The second-order valence-corrected chi connectivity index (χ2v) is 7.52. The van der Waals surface area contributed by atoms with Crippen LogP contribution in [0.25, 0.3) is 0 Å². The molecular weight excluding hydrogens is 276 g/mol. The first-order valence-electron chi connectivity index (χ1n) is 7.88. The average Bonchev–Trinajstić information content (AvgIpc) is 3.18. The summed E-state index contributed by atoms with van der Waals surface area (Å²) >= 11 is 0. The Morgan fingerprint density at radius 2 is 1.59 bits per heavy atom. The van der Waals surface area contributed by atoms with E-state index in [9.17, 15) is 9.59 Å². The van der Waals surface area contributed by atoms with E-state index in [1.807, 2.05) is 45.0 Å². The zero-order chi connectivity index (χ0) is 16.5. The van der Waals surface area contributed by atoms with Crippen molar-refractivity contribution in [1.82, 2.24) is 5.32 Å². The van der Waals surface area contributed by atoms with Crippen molar-refractivity contribution in [2.45, 2.75) is 58.9 Å². The van der Waals surface area contributed by atoms with Crippen LogP contribution in [0.3, 0.4) is 0 Å². The summed E-state index contributed by atoms with van der Waals surface area (Å²) in [5.74, 6) is 0.0833. The van der Waals surface area contributed by atoms with Crippen LogP contribution < -0.4 is 10.6 Å². The van der Waals surface area contributed by atoms with E-state index in [-0.39, 0.29) is 17.4 Å². The maximum atomic E-state index is 12.5. The first-order chi connectivity index (χ1) is 10.1. The molecule has 0 spiro atoms. The largest absolute Gasteiger partial charge is 0.351 e. The van der Waals surface area contributed by atoms with Crippen LogP contribution in [0.4, 0.5) is 5.69 Å². The van der Waals surface area contributed by atoms with Gasteiger partial charge in [-0.15, -0.1) is 0 Å². The average molecular weight is 302 g/mol. The Morgan fingerprint density at radius 1 is 1.05 bits per heavy atom. The standard InChI is InChI=1S/C18H26N2O2/c1-12(2)13-6-8-14(9-7-13)19-15(21)18(10-11-18)16(22)20-17(3,4)5/h6-9,12H,10-11H2,1-5H3,(H,19,21)(H,20,22). The molecule has 2 rings (SSSR count). The van der Waals surface area contributed by atoms with Crippen LogP contribution in [-0.4, -0.2) is 17.4 Å². The molecule has 1 aliphatic carbocycles. The van der Waals surface area contributed by atoms with E-state index < -0.39 is 5.41 Å². The summed E-state index contributed by atoms with van der Waals surface area (Å²) in [6.07, 6.45) is 1.23. The van der Waals surface area contributed by atoms with Crippen LogP contribution in [0.1, 0.15) is 58.9 Å². The van der Waals surface area contributed by atoms with E-state index in [2.05, 4.69) is 24.5 Å². The highest BCUT2D eigenvalue weighted by atomic mass is 16.2. The highest BCUT2D eigenvalue weighted by Crippen LogP contribution is 2.47. The molecule has 2 N–H and O–H groups in total. The normalized spacial score (nSPS) is 16.3. The molecule has 1 fully saturated rings. The van der Waals surface area contributed by atoms with Crippen molar-refractivity contribution in [2.24, 2.45) is 5.41 Å². The molecule has 0 unspecified atom stereocenters. The molecule has 0 radical (unpaired) electrons. The monoisotopic (exact) mass is 302 g/mol. The van der Waals surface area contributed by atoms with Gasteiger partial charge in [-0.2, -0.15) is 0 Å². The number of hydrogen-bond acceptors (Lipinski definition) is 2. The molecule has 0 atom stereocenters. The molecule has 4 heteroatoms. The quantitative estimate of drug-likeness (QED) is 0.837. The third kappa shape index (κ3) is 3.67. The molecule has 0 heterocycles. The molecule has 0 bridgehead atoms. The SMILES string of the molecule is CC(C)c1ccc(NC(=O)C2(C(=O)NC(C)(C)C)CC2)cc1. The second kappa shape index (κ2) is 5.75. The van der Waals surface area contributed by atoms with Crippen LogP contribution in [0.2, 0.25) is 0 Å². The topological polar surface area (TPSA) is 58.2 Å². The van der Waals surface area contributed by atoms with E-state index in [4.69, 9.17) is 0 Å². The van der Waals surface area contributed by atoms with Crippen molar-refractivity contribution in [3.8, 4) is 0 Å². The third-order valence-corrected chi connectivity index (χ3v) is 3.94. The number of benzene rings is 1. The minimum atomic E-state index is -0.885. The van der Waals surface area contributed by atoms with Crippen LogP contribution in [0.5, 0.6) is 0 Å². The first kappa shape index (κ1) is 16.5. The van der Waals surface area contributed by atoms with Crippen molar-refractivity contribution in [2.75, 3.05) is 5.32 Å². The Morgan fingerprint density at radius 3 is 2.00 bits per heavy atom. The maximum Gasteiger partial charge on any atom is 0.240 e. The lowest BCUT2D eigenvalue weighted by Gasteiger charge is -2.24. The number of amides is 2. The minimum Gasteiger partial charge on any atom is -0.351 e. The van der Waals surface area contributed by atoms with Crippen molar-refractivity contribution in [3.63, 3.8) is 0 Å². The lowest BCUT2D eigenvalue weighted by molar-refractivity contribution is -0.135. The van der Waals surface area contributed by atoms with Gasteiger partial charge in [0.05, 0.1) is 0 Å². The van der Waals surface area contributed by atoms with E-state index in [0.717, 1.165) is 5.69 Å². The summed E-state index contributed by atoms with van der Waals surface area (Å²) in [7, 11) is 0. The van der Waals surface area contributed by atoms with Crippen LogP contribution in [0.15, 0.2) is 24.3 Å². The minimum absolute atomic E-state index is 0.170. The molecule has 2 amide bonds. The molecule has 4 nitrogen and oxygen atoms in total. The van der Waals surface area contributed by atoms with Crippen molar-refractivity contribution in [3.05, 3.63) is 29.8 Å². The van der Waals surface area contributed by atoms with Gasteiger partial charge in [-0.3, -0.25) is 9.59 Å². The highest BCUT2D eigenvalue weighted by molar-refractivity contribution is 6.13. The Balaban J connectivity index is 2.04. The van der Waals surface area contributed by atoms with E-state index in [0.29, 0.717) is 18.8 Å². The Labute approximate surface area is 132 Å². The molecule has 22 heavy (non-hydrogen) atoms. The summed E-state index contributed by atoms with van der Waals surface area (Å²) in [6, 6.07) is 7.81. The van der Waals surface area contributed by atoms with Crippen molar-refractivity contribution >= 4 is 17.5 Å². The molecule has 1 aromatic carbocycles. The zero-order valence-corrected chi connectivity index (χ0v) is 14.1.